The molecule has 1 aliphatic heterocycles. The zero-order chi connectivity index (χ0) is 23.9. The molecule has 2 aromatic carbocycles. The van der Waals surface area contributed by atoms with Gasteiger partial charge < -0.3 is 19.9 Å². The van der Waals surface area contributed by atoms with Crippen molar-refractivity contribution in [2.24, 2.45) is 0 Å². The average Bonchev–Trinajstić information content (AvgIpc) is 3.50. The van der Waals surface area contributed by atoms with E-state index in [1.165, 1.54) is 6.07 Å². The van der Waals surface area contributed by atoms with E-state index >= 15 is 0 Å². The van der Waals surface area contributed by atoms with Gasteiger partial charge in [-0.2, -0.15) is 9.97 Å². The molecule has 2 N–H and O–H groups in total. The molecule has 0 unspecified atom stereocenters. The maximum Gasteiger partial charge on any atom is 0.229 e. The van der Waals surface area contributed by atoms with E-state index in [1.807, 2.05) is 35.8 Å². The Morgan fingerprint density at radius 2 is 1.86 bits per heavy atom. The topological polar surface area (TPSA) is 96.8 Å². The van der Waals surface area contributed by atoms with Gasteiger partial charge in [0.05, 0.1) is 31.0 Å². The molecule has 0 radical (unpaired) electrons. The molecule has 0 amide bonds. The highest BCUT2D eigenvalue weighted by Crippen LogP contribution is 2.27. The summed E-state index contributed by atoms with van der Waals surface area (Å²) >= 11 is 0. The summed E-state index contributed by atoms with van der Waals surface area (Å²) in [7, 11) is 0. The number of imidazole rings is 2. The van der Waals surface area contributed by atoms with Crippen LogP contribution < -0.4 is 10.2 Å². The zero-order valence-electron chi connectivity index (χ0n) is 18.9. The minimum atomic E-state index is -0.971. The SMILES string of the molecule is Cc1ccccc1-n1cnc2c(NCc3nc4c(F)c(F)ccc4[nH]3)nc(N3CCOCC3)nc21. The highest BCUT2D eigenvalue weighted by molar-refractivity contribution is 5.86. The van der Waals surface area contributed by atoms with Gasteiger partial charge in [0.15, 0.2) is 28.6 Å². The minimum absolute atomic E-state index is 0.0347. The van der Waals surface area contributed by atoms with Crippen molar-refractivity contribution in [2.75, 3.05) is 36.5 Å². The second-order valence-electron chi connectivity index (χ2n) is 8.34. The molecule has 11 heteroatoms. The molecule has 0 saturated carbocycles. The van der Waals surface area contributed by atoms with Crippen LogP contribution in [0.25, 0.3) is 27.9 Å². The van der Waals surface area contributed by atoms with Crippen LogP contribution in [0.15, 0.2) is 42.7 Å². The van der Waals surface area contributed by atoms with Crippen molar-refractivity contribution in [3.05, 3.63) is 65.7 Å². The summed E-state index contributed by atoms with van der Waals surface area (Å²) in [4.78, 5) is 23.5. The van der Waals surface area contributed by atoms with Crippen molar-refractivity contribution in [3.8, 4) is 5.69 Å². The number of ether oxygens (including phenoxy) is 1. The summed E-state index contributed by atoms with van der Waals surface area (Å²) in [6.45, 7) is 4.80. The van der Waals surface area contributed by atoms with E-state index in [1.54, 1.807) is 6.33 Å². The fourth-order valence-corrected chi connectivity index (χ4v) is 4.25. The molecule has 178 valence electrons. The number of nitrogens with one attached hydrogen (secondary N) is 2. The minimum Gasteiger partial charge on any atom is -0.378 e. The van der Waals surface area contributed by atoms with Crippen LogP contribution in [0.5, 0.6) is 0 Å². The number of nitrogens with zero attached hydrogens (tertiary/aromatic N) is 6. The summed E-state index contributed by atoms with van der Waals surface area (Å²) in [5, 5.41) is 3.26. The first-order chi connectivity index (χ1) is 17.1. The van der Waals surface area contributed by atoms with E-state index in [-0.39, 0.29) is 12.1 Å². The number of aromatic amines is 1. The van der Waals surface area contributed by atoms with Gasteiger partial charge in [0.25, 0.3) is 0 Å². The third-order valence-corrected chi connectivity index (χ3v) is 6.07. The van der Waals surface area contributed by atoms with Crippen molar-refractivity contribution < 1.29 is 13.5 Å². The quantitative estimate of drug-likeness (QED) is 0.399. The number of aryl methyl sites for hydroxylation is 1. The maximum atomic E-state index is 14.1. The number of hydrogen-bond donors (Lipinski definition) is 2. The van der Waals surface area contributed by atoms with Crippen LogP contribution in [0, 0.1) is 18.6 Å². The Labute approximate surface area is 198 Å². The second-order valence-corrected chi connectivity index (χ2v) is 8.34. The lowest BCUT2D eigenvalue weighted by Gasteiger charge is -2.27. The third-order valence-electron chi connectivity index (χ3n) is 6.07. The van der Waals surface area contributed by atoms with E-state index in [2.05, 4.69) is 25.2 Å². The van der Waals surface area contributed by atoms with Crippen LogP contribution in [-0.2, 0) is 11.3 Å². The number of fused-ring (bicyclic) bond motifs is 2. The Bertz CT molecular complexity index is 1540. The second kappa shape index (κ2) is 8.58. The van der Waals surface area contributed by atoms with Gasteiger partial charge in [-0.15, -0.1) is 0 Å². The summed E-state index contributed by atoms with van der Waals surface area (Å²) < 4.78 is 35.1. The smallest absolute Gasteiger partial charge is 0.229 e. The van der Waals surface area contributed by atoms with Crippen LogP contribution >= 0.6 is 0 Å². The molecule has 1 fully saturated rings. The molecule has 1 saturated heterocycles. The van der Waals surface area contributed by atoms with Crippen LogP contribution in [0.2, 0.25) is 0 Å². The van der Waals surface area contributed by atoms with E-state index in [9.17, 15) is 8.78 Å². The number of hydrogen-bond acceptors (Lipinski definition) is 7. The molecule has 0 aliphatic carbocycles. The van der Waals surface area contributed by atoms with Gasteiger partial charge in [-0.25, -0.2) is 18.7 Å². The Kier molecular flexibility index (Phi) is 5.25. The first-order valence-corrected chi connectivity index (χ1v) is 11.3. The van der Waals surface area contributed by atoms with Crippen molar-refractivity contribution >= 4 is 34.0 Å². The van der Waals surface area contributed by atoms with Crippen LogP contribution in [0.1, 0.15) is 11.4 Å². The summed E-state index contributed by atoms with van der Waals surface area (Å²) in [6, 6.07) is 10.6. The molecule has 4 heterocycles. The van der Waals surface area contributed by atoms with Gasteiger partial charge in [0.1, 0.15) is 17.7 Å². The molecule has 0 spiro atoms. The van der Waals surface area contributed by atoms with Gasteiger partial charge in [-0.3, -0.25) is 4.57 Å². The van der Waals surface area contributed by atoms with E-state index < -0.39 is 11.6 Å². The lowest BCUT2D eigenvalue weighted by Crippen LogP contribution is -2.37. The predicted octanol–water partition coefficient (Wildman–Crippen LogP) is 3.73. The molecule has 9 nitrogen and oxygen atoms in total. The standard InChI is InChI=1S/C24H22F2N8O/c1-14-4-2-3-5-17(14)34-13-28-21-22(31-24(32-23(21)34)33-8-10-35-11-9-33)27-12-18-29-16-7-6-15(25)19(26)20(16)30-18/h2-7,13H,8-12H2,1H3,(H,29,30)(H,27,31,32). The molecular formula is C24H22F2N8O. The van der Waals surface area contributed by atoms with Crippen LogP contribution in [-0.4, -0.2) is 55.8 Å². The predicted molar refractivity (Wildman–Crippen MR) is 128 cm³/mol. The highest BCUT2D eigenvalue weighted by Gasteiger charge is 2.20. The van der Waals surface area contributed by atoms with Crippen molar-refractivity contribution in [2.45, 2.75) is 13.5 Å². The fourth-order valence-electron chi connectivity index (χ4n) is 4.25. The number of benzene rings is 2. The van der Waals surface area contributed by atoms with Gasteiger partial charge in [0.2, 0.25) is 5.95 Å². The Balaban J connectivity index is 1.41. The highest BCUT2D eigenvalue weighted by atomic mass is 19.2. The first kappa shape index (κ1) is 21.4. The Morgan fingerprint density at radius 3 is 2.69 bits per heavy atom. The lowest BCUT2D eigenvalue weighted by molar-refractivity contribution is 0.122. The number of H-pyrrole nitrogens is 1. The molecule has 5 aromatic rings. The fraction of sp³-hybridized carbons (Fsp3) is 0.250. The molecule has 0 bridgehead atoms. The van der Waals surface area contributed by atoms with E-state index in [4.69, 9.17) is 14.7 Å². The number of aromatic nitrogens is 6. The normalized spacial score (nSPS) is 14.2. The van der Waals surface area contributed by atoms with Crippen molar-refractivity contribution in [1.82, 2.24) is 29.5 Å². The van der Waals surface area contributed by atoms with E-state index in [0.717, 1.165) is 17.3 Å². The Hall–Kier alpha value is -4.12. The van der Waals surface area contributed by atoms with Crippen LogP contribution in [0.4, 0.5) is 20.5 Å². The number of rotatable bonds is 5. The number of halogens is 2. The molecule has 0 atom stereocenters. The van der Waals surface area contributed by atoms with Gasteiger partial charge in [-0.05, 0) is 30.7 Å². The average molecular weight is 476 g/mol. The summed E-state index contributed by atoms with van der Waals surface area (Å²) in [5.41, 5.74) is 3.71. The molecule has 3 aromatic heterocycles. The van der Waals surface area contributed by atoms with Gasteiger partial charge in [0, 0.05) is 13.1 Å². The molecule has 6 rings (SSSR count). The molecular weight excluding hydrogens is 454 g/mol. The summed E-state index contributed by atoms with van der Waals surface area (Å²) in [5.74, 6) is -0.367. The molecule has 35 heavy (non-hydrogen) atoms. The first-order valence-electron chi connectivity index (χ1n) is 11.3. The van der Waals surface area contributed by atoms with Crippen molar-refractivity contribution in [1.29, 1.82) is 0 Å². The third kappa shape index (κ3) is 3.83. The van der Waals surface area contributed by atoms with Gasteiger partial charge in [-0.1, -0.05) is 18.2 Å². The Morgan fingerprint density at radius 1 is 1.03 bits per heavy atom. The largest absolute Gasteiger partial charge is 0.378 e. The number of anilines is 2. The molecule has 1 aliphatic rings. The lowest BCUT2D eigenvalue weighted by atomic mass is 10.2. The zero-order valence-corrected chi connectivity index (χ0v) is 18.9. The maximum absolute atomic E-state index is 14.1. The summed E-state index contributed by atoms with van der Waals surface area (Å²) in [6.07, 6.45) is 1.73. The van der Waals surface area contributed by atoms with E-state index in [0.29, 0.717) is 60.6 Å². The van der Waals surface area contributed by atoms with Crippen LogP contribution in [0.3, 0.4) is 0 Å². The number of para-hydroxylation sites is 1. The monoisotopic (exact) mass is 476 g/mol. The number of morpholine rings is 1. The van der Waals surface area contributed by atoms with Crippen molar-refractivity contribution in [3.63, 3.8) is 0 Å². The van der Waals surface area contributed by atoms with Gasteiger partial charge >= 0.3 is 0 Å².